The lowest BCUT2D eigenvalue weighted by Gasteiger charge is -2.09. The molecule has 0 unspecified atom stereocenters. The third-order valence-electron chi connectivity index (χ3n) is 2.67. The fourth-order valence-electron chi connectivity index (χ4n) is 1.58. The van der Waals surface area contributed by atoms with Crippen LogP contribution in [0, 0.1) is 5.92 Å². The molecule has 0 atom stereocenters. The van der Waals surface area contributed by atoms with E-state index in [0.29, 0.717) is 31.8 Å². The Bertz CT molecular complexity index is 350. The Morgan fingerprint density at radius 1 is 1.10 bits per heavy atom. The lowest BCUT2D eigenvalue weighted by Crippen LogP contribution is -2.21. The van der Waals surface area contributed by atoms with Crippen LogP contribution in [0.3, 0.4) is 0 Å². The van der Waals surface area contributed by atoms with Gasteiger partial charge in [0, 0.05) is 25.4 Å². The second kappa shape index (κ2) is 9.86. The number of hydrogen-bond donors (Lipinski definition) is 1. The van der Waals surface area contributed by atoms with Crippen LogP contribution in [0.4, 0.5) is 0 Å². The Morgan fingerprint density at radius 2 is 1.85 bits per heavy atom. The second-order valence-corrected chi connectivity index (χ2v) is 5.71. The van der Waals surface area contributed by atoms with E-state index in [-0.39, 0.29) is 0 Å². The highest BCUT2D eigenvalue weighted by molar-refractivity contribution is 5.13. The largest absolute Gasteiger partial charge is 0.379 e. The molecule has 0 saturated heterocycles. The zero-order valence-electron chi connectivity index (χ0n) is 13.2. The first-order valence-corrected chi connectivity index (χ1v) is 7.40. The van der Waals surface area contributed by atoms with E-state index in [1.807, 2.05) is 12.3 Å². The summed E-state index contributed by atoms with van der Waals surface area (Å²) >= 11 is 0. The Hall–Kier alpha value is -0.970. The molecule has 1 heterocycles. The monoisotopic (exact) mass is 280 g/mol. The second-order valence-electron chi connectivity index (χ2n) is 5.71. The fourth-order valence-corrected chi connectivity index (χ4v) is 1.58. The van der Waals surface area contributed by atoms with Gasteiger partial charge in [0.25, 0.3) is 0 Å². The van der Waals surface area contributed by atoms with Crippen molar-refractivity contribution in [1.82, 2.24) is 10.3 Å². The molecule has 0 radical (unpaired) electrons. The lowest BCUT2D eigenvalue weighted by atomic mass is 10.2. The van der Waals surface area contributed by atoms with Gasteiger partial charge in [0.2, 0.25) is 0 Å². The summed E-state index contributed by atoms with van der Waals surface area (Å²) in [6, 6.07) is 4.60. The van der Waals surface area contributed by atoms with Gasteiger partial charge in [-0.3, -0.25) is 4.98 Å². The summed E-state index contributed by atoms with van der Waals surface area (Å²) in [6.45, 7) is 12.0. The molecule has 0 aliphatic rings. The van der Waals surface area contributed by atoms with Crippen molar-refractivity contribution in [3.8, 4) is 0 Å². The normalized spacial score (nSPS) is 11.5. The van der Waals surface area contributed by atoms with Gasteiger partial charge in [-0.1, -0.05) is 33.8 Å². The van der Waals surface area contributed by atoms with Gasteiger partial charge in [-0.2, -0.15) is 0 Å². The van der Waals surface area contributed by atoms with Crippen molar-refractivity contribution in [1.29, 1.82) is 0 Å². The third-order valence-corrected chi connectivity index (χ3v) is 2.67. The molecule has 1 N–H and O–H groups in total. The molecule has 4 nitrogen and oxygen atoms in total. The highest BCUT2D eigenvalue weighted by Gasteiger charge is 1.99. The molecule has 1 aromatic rings. The van der Waals surface area contributed by atoms with Crippen molar-refractivity contribution in [3.63, 3.8) is 0 Å². The van der Waals surface area contributed by atoms with Gasteiger partial charge in [0.15, 0.2) is 0 Å². The van der Waals surface area contributed by atoms with Crippen molar-refractivity contribution in [2.24, 2.45) is 5.92 Å². The SMILES string of the molecule is CC(C)COCCOCc1ccc(CNC(C)C)cn1. The van der Waals surface area contributed by atoms with Gasteiger partial charge in [0.05, 0.1) is 25.5 Å². The number of rotatable bonds is 10. The maximum Gasteiger partial charge on any atom is 0.0889 e. The number of aromatic nitrogens is 1. The zero-order valence-corrected chi connectivity index (χ0v) is 13.2. The van der Waals surface area contributed by atoms with Crippen molar-refractivity contribution in [3.05, 3.63) is 29.6 Å². The summed E-state index contributed by atoms with van der Waals surface area (Å²) < 4.78 is 11.0. The zero-order chi connectivity index (χ0) is 14.8. The summed E-state index contributed by atoms with van der Waals surface area (Å²) in [6.07, 6.45) is 1.91. The molecule has 0 bridgehead atoms. The van der Waals surface area contributed by atoms with E-state index in [2.05, 4.69) is 44.1 Å². The van der Waals surface area contributed by atoms with Crippen LogP contribution in [0.2, 0.25) is 0 Å². The van der Waals surface area contributed by atoms with Gasteiger partial charge in [-0.25, -0.2) is 0 Å². The van der Waals surface area contributed by atoms with E-state index in [9.17, 15) is 0 Å². The molecule has 0 saturated carbocycles. The van der Waals surface area contributed by atoms with Crippen molar-refractivity contribution in [2.45, 2.75) is 46.9 Å². The van der Waals surface area contributed by atoms with Crippen LogP contribution in [-0.2, 0) is 22.6 Å². The number of hydrogen-bond acceptors (Lipinski definition) is 4. The topological polar surface area (TPSA) is 43.4 Å². The predicted octanol–water partition coefficient (Wildman–Crippen LogP) is 2.77. The maximum absolute atomic E-state index is 5.54. The van der Waals surface area contributed by atoms with E-state index >= 15 is 0 Å². The van der Waals surface area contributed by atoms with Crippen LogP contribution in [-0.4, -0.2) is 30.8 Å². The predicted molar refractivity (Wildman–Crippen MR) is 81.5 cm³/mol. The minimum Gasteiger partial charge on any atom is -0.379 e. The average Bonchev–Trinajstić information content (AvgIpc) is 2.41. The lowest BCUT2D eigenvalue weighted by molar-refractivity contribution is 0.0305. The first-order chi connectivity index (χ1) is 9.58. The Kier molecular flexibility index (Phi) is 8.42. The first-order valence-electron chi connectivity index (χ1n) is 7.40. The minimum absolute atomic E-state index is 0.490. The number of nitrogens with zero attached hydrogens (tertiary/aromatic N) is 1. The molecular formula is C16H28N2O2. The van der Waals surface area contributed by atoms with Gasteiger partial charge in [-0.15, -0.1) is 0 Å². The van der Waals surface area contributed by atoms with Crippen LogP contribution < -0.4 is 5.32 Å². The fraction of sp³-hybridized carbons (Fsp3) is 0.688. The molecule has 0 fully saturated rings. The number of pyridine rings is 1. The standard InChI is InChI=1S/C16H28N2O2/c1-13(2)11-19-7-8-20-12-16-6-5-15(10-18-16)9-17-14(3)4/h5-6,10,13-14,17H,7-9,11-12H2,1-4H3. The molecule has 0 spiro atoms. The summed E-state index contributed by atoms with van der Waals surface area (Å²) in [5.74, 6) is 0.573. The minimum atomic E-state index is 0.490. The van der Waals surface area contributed by atoms with Crippen molar-refractivity contribution < 1.29 is 9.47 Å². The van der Waals surface area contributed by atoms with E-state index < -0.39 is 0 Å². The molecule has 20 heavy (non-hydrogen) atoms. The molecule has 0 aromatic carbocycles. The highest BCUT2D eigenvalue weighted by atomic mass is 16.5. The summed E-state index contributed by atoms with van der Waals surface area (Å²) in [4.78, 5) is 4.40. The average molecular weight is 280 g/mol. The van der Waals surface area contributed by atoms with Gasteiger partial charge < -0.3 is 14.8 Å². The van der Waals surface area contributed by atoms with Gasteiger partial charge in [-0.05, 0) is 17.5 Å². The van der Waals surface area contributed by atoms with Crippen LogP contribution in [0.1, 0.15) is 39.0 Å². The third kappa shape index (κ3) is 8.25. The van der Waals surface area contributed by atoms with Crippen molar-refractivity contribution >= 4 is 0 Å². The number of nitrogens with one attached hydrogen (secondary N) is 1. The van der Waals surface area contributed by atoms with Crippen LogP contribution in [0.15, 0.2) is 18.3 Å². The molecule has 1 rings (SSSR count). The molecule has 1 aromatic heterocycles. The molecular weight excluding hydrogens is 252 g/mol. The van der Waals surface area contributed by atoms with E-state index in [4.69, 9.17) is 9.47 Å². The summed E-state index contributed by atoms with van der Waals surface area (Å²) in [7, 11) is 0. The van der Waals surface area contributed by atoms with Crippen LogP contribution in [0.25, 0.3) is 0 Å². The number of ether oxygens (including phenoxy) is 2. The molecule has 0 aliphatic carbocycles. The van der Waals surface area contributed by atoms with E-state index in [1.54, 1.807) is 0 Å². The van der Waals surface area contributed by atoms with E-state index in [0.717, 1.165) is 18.8 Å². The molecule has 0 amide bonds. The molecule has 4 heteroatoms. The molecule has 0 aliphatic heterocycles. The molecule has 114 valence electrons. The highest BCUT2D eigenvalue weighted by Crippen LogP contribution is 2.02. The van der Waals surface area contributed by atoms with Crippen molar-refractivity contribution in [2.75, 3.05) is 19.8 Å². The maximum atomic E-state index is 5.54. The smallest absolute Gasteiger partial charge is 0.0889 e. The summed E-state index contributed by atoms with van der Waals surface area (Å²) in [5, 5.41) is 3.37. The Morgan fingerprint density at radius 3 is 2.45 bits per heavy atom. The Balaban J connectivity index is 2.15. The Labute approximate surface area is 122 Å². The summed E-state index contributed by atoms with van der Waals surface area (Å²) in [5.41, 5.74) is 2.16. The quantitative estimate of drug-likeness (QED) is 0.669. The van der Waals surface area contributed by atoms with Gasteiger partial charge >= 0.3 is 0 Å². The van der Waals surface area contributed by atoms with Crippen LogP contribution in [0.5, 0.6) is 0 Å². The van der Waals surface area contributed by atoms with Crippen LogP contribution >= 0.6 is 0 Å². The first kappa shape index (κ1) is 17.1. The van der Waals surface area contributed by atoms with Gasteiger partial charge in [0.1, 0.15) is 0 Å². The van der Waals surface area contributed by atoms with E-state index in [1.165, 1.54) is 5.56 Å².